The van der Waals surface area contributed by atoms with Gasteiger partial charge in [0.2, 0.25) is 0 Å². The Labute approximate surface area is 56.9 Å². The highest BCUT2D eigenvalue weighted by Gasteiger charge is 1.94. The third-order valence-electron chi connectivity index (χ3n) is 0.994. The van der Waals surface area contributed by atoms with Crippen LogP contribution in [-0.2, 0) is 0 Å². The number of aromatic amines is 1. The van der Waals surface area contributed by atoms with Gasteiger partial charge in [0.25, 0.3) is 5.56 Å². The van der Waals surface area contributed by atoms with Crippen LogP contribution in [0.2, 0.25) is 0 Å². The zero-order valence-corrected chi connectivity index (χ0v) is 5.16. The van der Waals surface area contributed by atoms with Gasteiger partial charge in [0, 0.05) is 0 Å². The summed E-state index contributed by atoms with van der Waals surface area (Å²) in [5, 5.41) is 8.70. The van der Waals surface area contributed by atoms with Gasteiger partial charge in [-0.25, -0.2) is 4.98 Å². The number of H-pyrrole nitrogens is 1. The van der Waals surface area contributed by atoms with Gasteiger partial charge in [-0.2, -0.15) is 0 Å². The maximum absolute atomic E-state index is 10.6. The Bertz CT molecular complexity index is 303. The van der Waals surface area contributed by atoms with E-state index in [-0.39, 0.29) is 5.75 Å². The van der Waals surface area contributed by atoms with Crippen LogP contribution in [0.15, 0.2) is 17.6 Å². The highest BCUT2D eigenvalue weighted by atomic mass is 16.3. The van der Waals surface area contributed by atoms with E-state index in [4.69, 9.17) is 5.11 Å². The number of hydrogen-bond acceptors (Lipinski definition) is 3. The number of hydrogen-bond donors (Lipinski definition) is 2. The Morgan fingerprint density at radius 3 is 3.00 bits per heavy atom. The SMILES string of the molecule is C=Cc1ncc(O)c(=O)[nH]1. The molecule has 0 spiro atoms. The fourth-order valence-corrected chi connectivity index (χ4v) is 0.506. The minimum Gasteiger partial charge on any atom is -0.502 e. The summed E-state index contributed by atoms with van der Waals surface area (Å²) in [5.74, 6) is -0.0339. The van der Waals surface area contributed by atoms with Crippen molar-refractivity contribution in [2.75, 3.05) is 0 Å². The zero-order chi connectivity index (χ0) is 7.56. The molecule has 0 atom stereocenters. The molecule has 2 N–H and O–H groups in total. The van der Waals surface area contributed by atoms with E-state index in [1.54, 1.807) is 0 Å². The van der Waals surface area contributed by atoms with Crippen LogP contribution < -0.4 is 5.56 Å². The third-order valence-corrected chi connectivity index (χ3v) is 0.994. The first-order chi connectivity index (χ1) is 4.74. The van der Waals surface area contributed by atoms with E-state index in [9.17, 15) is 4.79 Å². The number of nitrogens with one attached hydrogen (secondary N) is 1. The Morgan fingerprint density at radius 2 is 2.50 bits per heavy atom. The molecule has 4 nitrogen and oxygen atoms in total. The Hall–Kier alpha value is -1.58. The van der Waals surface area contributed by atoms with Crippen LogP contribution in [0.4, 0.5) is 0 Å². The molecule has 0 aliphatic heterocycles. The summed E-state index contributed by atoms with van der Waals surface area (Å²) in [6.45, 7) is 3.39. The van der Waals surface area contributed by atoms with Crippen LogP contribution >= 0.6 is 0 Å². The summed E-state index contributed by atoms with van der Waals surface area (Å²) in [4.78, 5) is 16.5. The second-order valence-electron chi connectivity index (χ2n) is 1.69. The number of aromatic hydroxyl groups is 1. The average molecular weight is 138 g/mol. The number of aromatic nitrogens is 2. The highest BCUT2D eigenvalue weighted by molar-refractivity contribution is 5.35. The first-order valence-corrected chi connectivity index (χ1v) is 2.65. The van der Waals surface area contributed by atoms with Crippen molar-refractivity contribution in [3.05, 3.63) is 29.0 Å². The molecule has 1 rings (SSSR count). The van der Waals surface area contributed by atoms with Crippen molar-refractivity contribution in [2.24, 2.45) is 0 Å². The van der Waals surface area contributed by atoms with Gasteiger partial charge in [-0.1, -0.05) is 6.58 Å². The molecule has 1 aromatic rings. The lowest BCUT2D eigenvalue weighted by Gasteiger charge is -1.90. The molecule has 0 aromatic carbocycles. The monoisotopic (exact) mass is 138 g/mol. The standard InChI is InChI=1S/C6H6N2O2/c1-2-5-7-3-4(9)6(10)8-5/h2-3,9H,1H2,(H,7,8,10). The molecule has 0 bridgehead atoms. The highest BCUT2D eigenvalue weighted by Crippen LogP contribution is 1.94. The van der Waals surface area contributed by atoms with Crippen molar-refractivity contribution < 1.29 is 5.11 Å². The molecule has 0 aliphatic carbocycles. The van der Waals surface area contributed by atoms with E-state index in [0.29, 0.717) is 5.82 Å². The minimum atomic E-state index is -0.551. The number of rotatable bonds is 1. The summed E-state index contributed by atoms with van der Waals surface area (Å²) in [5.41, 5.74) is -0.551. The second kappa shape index (κ2) is 2.34. The summed E-state index contributed by atoms with van der Waals surface area (Å²) in [6, 6.07) is 0. The van der Waals surface area contributed by atoms with E-state index in [0.717, 1.165) is 6.20 Å². The molecule has 1 heterocycles. The second-order valence-corrected chi connectivity index (χ2v) is 1.69. The van der Waals surface area contributed by atoms with Gasteiger partial charge in [0.15, 0.2) is 5.75 Å². The molecule has 52 valence electrons. The van der Waals surface area contributed by atoms with Crippen LogP contribution in [0, 0.1) is 0 Å². The molecule has 0 amide bonds. The van der Waals surface area contributed by atoms with Crippen LogP contribution in [0.25, 0.3) is 6.08 Å². The summed E-state index contributed by atoms with van der Waals surface area (Å²) in [7, 11) is 0. The molecule has 4 heteroatoms. The molecule has 0 fully saturated rings. The Kier molecular flexibility index (Phi) is 1.53. The van der Waals surface area contributed by atoms with Crippen molar-refractivity contribution in [2.45, 2.75) is 0 Å². The predicted octanol–water partition coefficient (Wildman–Crippen LogP) is 0.118. The zero-order valence-electron chi connectivity index (χ0n) is 5.16. The summed E-state index contributed by atoms with van der Waals surface area (Å²) < 4.78 is 0. The van der Waals surface area contributed by atoms with Crippen molar-refractivity contribution in [3.63, 3.8) is 0 Å². The van der Waals surface area contributed by atoms with Crippen LogP contribution in [0.3, 0.4) is 0 Å². The normalized spacial score (nSPS) is 9.20. The van der Waals surface area contributed by atoms with Gasteiger partial charge in [-0.15, -0.1) is 0 Å². The molecule has 1 aromatic heterocycles. The maximum Gasteiger partial charge on any atom is 0.293 e. The van der Waals surface area contributed by atoms with Crippen molar-refractivity contribution >= 4 is 6.08 Å². The topological polar surface area (TPSA) is 66.0 Å². The lowest BCUT2D eigenvalue weighted by molar-refractivity contribution is 0.463. The fraction of sp³-hybridized carbons (Fsp3) is 0. The quantitative estimate of drug-likeness (QED) is 0.579. The third kappa shape index (κ3) is 1.05. The first-order valence-electron chi connectivity index (χ1n) is 2.65. The lowest BCUT2D eigenvalue weighted by atomic mass is 10.5. The fourth-order valence-electron chi connectivity index (χ4n) is 0.506. The number of nitrogens with zero attached hydrogens (tertiary/aromatic N) is 1. The average Bonchev–Trinajstić information content (AvgIpc) is 1.95. The smallest absolute Gasteiger partial charge is 0.293 e. The van der Waals surface area contributed by atoms with E-state index < -0.39 is 5.56 Å². The van der Waals surface area contributed by atoms with E-state index >= 15 is 0 Å². The van der Waals surface area contributed by atoms with Crippen LogP contribution in [-0.4, -0.2) is 15.1 Å². The molecular formula is C6H6N2O2. The summed E-state index contributed by atoms with van der Waals surface area (Å²) in [6.07, 6.45) is 2.47. The predicted molar refractivity (Wildman–Crippen MR) is 36.6 cm³/mol. The molecule has 0 radical (unpaired) electrons. The van der Waals surface area contributed by atoms with E-state index in [1.807, 2.05) is 0 Å². The van der Waals surface area contributed by atoms with E-state index in [2.05, 4.69) is 16.5 Å². The Morgan fingerprint density at radius 1 is 1.80 bits per heavy atom. The molecule has 0 saturated heterocycles. The van der Waals surface area contributed by atoms with Crippen molar-refractivity contribution in [1.29, 1.82) is 0 Å². The molecule has 0 saturated carbocycles. The first kappa shape index (κ1) is 6.54. The van der Waals surface area contributed by atoms with Gasteiger partial charge >= 0.3 is 0 Å². The maximum atomic E-state index is 10.6. The molecular weight excluding hydrogens is 132 g/mol. The van der Waals surface area contributed by atoms with Gasteiger partial charge in [0.05, 0.1) is 6.20 Å². The molecule has 0 unspecified atom stereocenters. The molecule has 0 aliphatic rings. The van der Waals surface area contributed by atoms with Crippen molar-refractivity contribution in [1.82, 2.24) is 9.97 Å². The molecule has 10 heavy (non-hydrogen) atoms. The summed E-state index contributed by atoms with van der Waals surface area (Å²) >= 11 is 0. The van der Waals surface area contributed by atoms with Gasteiger partial charge < -0.3 is 10.1 Å². The van der Waals surface area contributed by atoms with Crippen LogP contribution in [0.1, 0.15) is 5.82 Å². The minimum absolute atomic E-state index is 0.350. The van der Waals surface area contributed by atoms with E-state index in [1.165, 1.54) is 6.08 Å². The Balaban J connectivity index is 3.30. The largest absolute Gasteiger partial charge is 0.502 e. The van der Waals surface area contributed by atoms with Gasteiger partial charge in [-0.3, -0.25) is 4.79 Å². The van der Waals surface area contributed by atoms with Crippen molar-refractivity contribution in [3.8, 4) is 5.75 Å². The van der Waals surface area contributed by atoms with Gasteiger partial charge in [-0.05, 0) is 6.08 Å². The van der Waals surface area contributed by atoms with Crippen LogP contribution in [0.5, 0.6) is 5.75 Å². The van der Waals surface area contributed by atoms with Gasteiger partial charge in [0.1, 0.15) is 5.82 Å². The lowest BCUT2D eigenvalue weighted by Crippen LogP contribution is -2.07.